The Morgan fingerprint density at radius 1 is 1.15 bits per heavy atom. The highest BCUT2D eigenvalue weighted by Crippen LogP contribution is 2.34. The molecule has 2 aromatic carbocycles. The van der Waals surface area contributed by atoms with Crippen molar-refractivity contribution in [2.75, 3.05) is 5.32 Å². The van der Waals surface area contributed by atoms with E-state index in [1.165, 1.54) is 4.57 Å². The van der Waals surface area contributed by atoms with Crippen LogP contribution >= 0.6 is 11.6 Å². The Bertz CT molecular complexity index is 998. The number of benzene rings is 2. The number of amides is 1. The molecule has 0 radical (unpaired) electrons. The maximum Gasteiger partial charge on any atom is 0.419 e. The number of oxazole rings is 1. The van der Waals surface area contributed by atoms with Gasteiger partial charge in [-0.25, -0.2) is 4.79 Å². The average molecular weight is 373 g/mol. The van der Waals surface area contributed by atoms with Gasteiger partial charge in [0, 0.05) is 23.8 Å². The molecule has 0 unspecified atom stereocenters. The highest BCUT2D eigenvalue weighted by Gasteiger charge is 2.36. The molecule has 1 heterocycles. The summed E-state index contributed by atoms with van der Waals surface area (Å²) in [5, 5.41) is 3.61. The molecular weight excluding hydrogens is 352 g/mol. The lowest BCUT2D eigenvalue weighted by atomic mass is 9.75. The maximum absolute atomic E-state index is 13.1. The molecule has 1 aromatic heterocycles. The van der Waals surface area contributed by atoms with E-state index in [1.54, 1.807) is 37.4 Å². The molecule has 0 bridgehead atoms. The Morgan fingerprint density at radius 2 is 1.81 bits per heavy atom. The minimum absolute atomic E-state index is 0.0950. The SMILES string of the molecule is CCC(CC)(C(=O)Nc1ccc2c(c1)oc(=O)n2C)c1ccc(Cl)cc1. The molecule has 0 aliphatic rings. The number of nitrogens with one attached hydrogen (secondary N) is 1. The van der Waals surface area contributed by atoms with Gasteiger partial charge in [-0.3, -0.25) is 9.36 Å². The van der Waals surface area contributed by atoms with Gasteiger partial charge in [0.15, 0.2) is 5.58 Å². The number of aryl methyl sites for hydroxylation is 1. The number of fused-ring (bicyclic) bond motifs is 1. The van der Waals surface area contributed by atoms with Crippen LogP contribution in [0.1, 0.15) is 32.3 Å². The number of nitrogens with zero attached hydrogens (tertiary/aromatic N) is 1. The predicted molar refractivity (Wildman–Crippen MR) is 104 cm³/mol. The second-order valence-electron chi connectivity index (χ2n) is 6.36. The summed E-state index contributed by atoms with van der Waals surface area (Å²) < 4.78 is 6.63. The first kappa shape index (κ1) is 18.3. The largest absolute Gasteiger partial charge is 0.419 e. The van der Waals surface area contributed by atoms with Crippen LogP contribution in [0.5, 0.6) is 0 Å². The Kier molecular flexibility index (Phi) is 4.92. The molecule has 1 N–H and O–H groups in total. The Labute approximate surface area is 156 Å². The summed E-state index contributed by atoms with van der Waals surface area (Å²) in [6, 6.07) is 12.6. The van der Waals surface area contributed by atoms with Gasteiger partial charge < -0.3 is 9.73 Å². The fourth-order valence-corrected chi connectivity index (χ4v) is 3.47. The second kappa shape index (κ2) is 7.00. The minimum atomic E-state index is -0.656. The van der Waals surface area contributed by atoms with Gasteiger partial charge in [-0.2, -0.15) is 0 Å². The normalized spacial score (nSPS) is 11.7. The molecule has 3 aromatic rings. The molecule has 0 saturated carbocycles. The van der Waals surface area contributed by atoms with Gasteiger partial charge in [0.2, 0.25) is 5.91 Å². The number of carbonyl (C=O) groups is 1. The third-order valence-electron chi connectivity index (χ3n) is 5.09. The van der Waals surface area contributed by atoms with Crippen molar-refractivity contribution in [1.82, 2.24) is 4.57 Å². The third-order valence-corrected chi connectivity index (χ3v) is 5.34. The van der Waals surface area contributed by atoms with Gasteiger partial charge in [-0.15, -0.1) is 0 Å². The van der Waals surface area contributed by atoms with Crippen molar-refractivity contribution in [3.8, 4) is 0 Å². The van der Waals surface area contributed by atoms with Crippen molar-refractivity contribution < 1.29 is 9.21 Å². The second-order valence-corrected chi connectivity index (χ2v) is 6.80. The molecule has 0 atom stereocenters. The van der Waals surface area contributed by atoms with Gasteiger partial charge in [-0.05, 0) is 42.7 Å². The molecule has 0 spiro atoms. The smallest absolute Gasteiger partial charge is 0.408 e. The summed E-state index contributed by atoms with van der Waals surface area (Å²) in [4.78, 5) is 24.8. The van der Waals surface area contributed by atoms with Crippen molar-refractivity contribution in [3.63, 3.8) is 0 Å². The van der Waals surface area contributed by atoms with Crippen LogP contribution in [0.2, 0.25) is 5.02 Å². The van der Waals surface area contributed by atoms with E-state index in [9.17, 15) is 9.59 Å². The molecule has 0 aliphatic carbocycles. The molecule has 0 fully saturated rings. The lowest BCUT2D eigenvalue weighted by Gasteiger charge is -2.31. The summed E-state index contributed by atoms with van der Waals surface area (Å²) >= 11 is 5.99. The number of carbonyl (C=O) groups excluding carboxylic acids is 1. The Morgan fingerprint density at radius 3 is 2.42 bits per heavy atom. The summed E-state index contributed by atoms with van der Waals surface area (Å²) in [7, 11) is 1.64. The van der Waals surface area contributed by atoms with Crippen molar-refractivity contribution in [2.24, 2.45) is 7.05 Å². The van der Waals surface area contributed by atoms with Crippen LogP contribution in [0.15, 0.2) is 51.7 Å². The fourth-order valence-electron chi connectivity index (χ4n) is 3.34. The lowest BCUT2D eigenvalue weighted by Crippen LogP contribution is -2.39. The molecule has 0 saturated heterocycles. The van der Waals surface area contributed by atoms with E-state index in [0.29, 0.717) is 34.7 Å². The summed E-state index contributed by atoms with van der Waals surface area (Å²) in [6.07, 6.45) is 1.30. The summed E-state index contributed by atoms with van der Waals surface area (Å²) in [5.74, 6) is -0.524. The number of rotatable bonds is 5. The van der Waals surface area contributed by atoms with Gasteiger partial charge >= 0.3 is 5.76 Å². The van der Waals surface area contributed by atoms with Crippen LogP contribution < -0.4 is 11.1 Å². The number of aromatic nitrogens is 1. The first-order chi connectivity index (χ1) is 12.4. The van der Waals surface area contributed by atoms with Crippen molar-refractivity contribution in [2.45, 2.75) is 32.1 Å². The summed E-state index contributed by atoms with van der Waals surface area (Å²) in [5.41, 5.74) is 1.99. The molecule has 1 amide bonds. The highest BCUT2D eigenvalue weighted by molar-refractivity contribution is 6.30. The van der Waals surface area contributed by atoms with Crippen LogP contribution in [0.4, 0.5) is 5.69 Å². The van der Waals surface area contributed by atoms with Gasteiger partial charge in [-0.1, -0.05) is 37.6 Å². The van der Waals surface area contributed by atoms with E-state index in [4.69, 9.17) is 16.0 Å². The summed E-state index contributed by atoms with van der Waals surface area (Å²) in [6.45, 7) is 3.99. The quantitative estimate of drug-likeness (QED) is 0.718. The molecule has 6 heteroatoms. The highest BCUT2D eigenvalue weighted by atomic mass is 35.5. The Hall–Kier alpha value is -2.53. The van der Waals surface area contributed by atoms with Gasteiger partial charge in [0.05, 0.1) is 10.9 Å². The van der Waals surface area contributed by atoms with Gasteiger partial charge in [0.1, 0.15) is 0 Å². The third kappa shape index (κ3) is 3.03. The van der Waals surface area contributed by atoms with E-state index in [2.05, 4.69) is 5.32 Å². The van der Waals surface area contributed by atoms with E-state index in [1.807, 2.05) is 26.0 Å². The van der Waals surface area contributed by atoms with Crippen LogP contribution in [0.3, 0.4) is 0 Å². The molecule has 3 rings (SSSR count). The average Bonchev–Trinajstić information content (AvgIpc) is 2.91. The number of hydrogen-bond donors (Lipinski definition) is 1. The van der Waals surface area contributed by atoms with Crippen LogP contribution in [-0.4, -0.2) is 10.5 Å². The van der Waals surface area contributed by atoms with Crippen LogP contribution in [0.25, 0.3) is 11.1 Å². The zero-order valence-corrected chi connectivity index (χ0v) is 15.8. The first-order valence-electron chi connectivity index (χ1n) is 8.58. The van der Waals surface area contributed by atoms with Crippen LogP contribution in [-0.2, 0) is 17.3 Å². The standard InChI is InChI=1S/C20H21ClN2O3/c1-4-20(5-2,13-6-8-14(21)9-7-13)18(24)22-15-10-11-16-17(12-15)26-19(25)23(16)3/h6-12H,4-5H2,1-3H3,(H,22,24). The van der Waals surface area contributed by atoms with Crippen molar-refractivity contribution >= 4 is 34.3 Å². The number of anilines is 1. The molecule has 5 nitrogen and oxygen atoms in total. The monoisotopic (exact) mass is 372 g/mol. The zero-order valence-electron chi connectivity index (χ0n) is 15.0. The maximum atomic E-state index is 13.1. The van der Waals surface area contributed by atoms with E-state index >= 15 is 0 Å². The molecule has 136 valence electrons. The fraction of sp³-hybridized carbons (Fsp3) is 0.300. The Balaban J connectivity index is 1.95. The van der Waals surface area contributed by atoms with Gasteiger partial charge in [0.25, 0.3) is 0 Å². The molecule has 26 heavy (non-hydrogen) atoms. The van der Waals surface area contributed by atoms with E-state index < -0.39 is 11.2 Å². The van der Waals surface area contributed by atoms with Crippen LogP contribution in [0, 0.1) is 0 Å². The predicted octanol–water partition coefficient (Wildman–Crippen LogP) is 4.48. The van der Waals surface area contributed by atoms with Crippen molar-refractivity contribution in [3.05, 3.63) is 63.6 Å². The minimum Gasteiger partial charge on any atom is -0.408 e. The van der Waals surface area contributed by atoms with E-state index in [-0.39, 0.29) is 5.91 Å². The molecule has 0 aliphatic heterocycles. The lowest BCUT2D eigenvalue weighted by molar-refractivity contribution is -0.121. The van der Waals surface area contributed by atoms with E-state index in [0.717, 1.165) is 5.56 Å². The first-order valence-corrected chi connectivity index (χ1v) is 8.96. The zero-order chi connectivity index (χ0) is 18.9. The topological polar surface area (TPSA) is 64.2 Å². The molecular formula is C20H21ClN2O3. The number of halogens is 1. The number of hydrogen-bond acceptors (Lipinski definition) is 3. The van der Waals surface area contributed by atoms with Crippen molar-refractivity contribution in [1.29, 1.82) is 0 Å².